The minimum atomic E-state index is -0.117. The monoisotopic (exact) mass is 300 g/mol. The van der Waals surface area contributed by atoms with Crippen molar-refractivity contribution in [3.63, 3.8) is 0 Å². The third kappa shape index (κ3) is 7.09. The number of hydrogen-bond acceptors (Lipinski definition) is 4. The standard InChI is InChI=1S/C17H36N2O2/c1-5-18-17(3,14-20)10-6-7-11-19(12-13-21-4)15(2)16-8-9-16/h15-16,18,20H,5-14H2,1-4H3. The molecule has 126 valence electrons. The van der Waals surface area contributed by atoms with Crippen LogP contribution in [-0.2, 0) is 4.74 Å². The summed E-state index contributed by atoms with van der Waals surface area (Å²) >= 11 is 0. The molecule has 0 radical (unpaired) electrons. The first-order valence-electron chi connectivity index (χ1n) is 8.65. The van der Waals surface area contributed by atoms with Gasteiger partial charge < -0.3 is 15.2 Å². The first-order valence-corrected chi connectivity index (χ1v) is 8.65. The van der Waals surface area contributed by atoms with Crippen LogP contribution in [0.4, 0.5) is 0 Å². The fraction of sp³-hybridized carbons (Fsp3) is 1.00. The molecular formula is C17H36N2O2. The molecule has 2 unspecified atom stereocenters. The highest BCUT2D eigenvalue weighted by Crippen LogP contribution is 2.35. The summed E-state index contributed by atoms with van der Waals surface area (Å²) < 4.78 is 5.25. The highest BCUT2D eigenvalue weighted by molar-refractivity contribution is 4.86. The van der Waals surface area contributed by atoms with Gasteiger partial charge in [0.2, 0.25) is 0 Å². The minimum absolute atomic E-state index is 0.117. The Morgan fingerprint density at radius 3 is 2.57 bits per heavy atom. The van der Waals surface area contributed by atoms with Crippen LogP contribution in [0.2, 0.25) is 0 Å². The van der Waals surface area contributed by atoms with Gasteiger partial charge in [0.25, 0.3) is 0 Å². The minimum Gasteiger partial charge on any atom is -0.394 e. The number of nitrogens with zero attached hydrogens (tertiary/aromatic N) is 1. The third-order valence-corrected chi connectivity index (χ3v) is 4.84. The molecule has 21 heavy (non-hydrogen) atoms. The topological polar surface area (TPSA) is 44.7 Å². The molecule has 1 rings (SSSR count). The second-order valence-corrected chi connectivity index (χ2v) is 6.81. The van der Waals surface area contributed by atoms with E-state index < -0.39 is 0 Å². The van der Waals surface area contributed by atoms with Gasteiger partial charge in [-0.3, -0.25) is 4.90 Å². The molecule has 0 saturated heterocycles. The summed E-state index contributed by atoms with van der Waals surface area (Å²) in [5, 5.41) is 12.9. The Balaban J connectivity index is 2.28. The first kappa shape index (κ1) is 18.9. The fourth-order valence-electron chi connectivity index (χ4n) is 3.08. The quantitative estimate of drug-likeness (QED) is 0.512. The van der Waals surface area contributed by atoms with Gasteiger partial charge in [-0.25, -0.2) is 0 Å². The van der Waals surface area contributed by atoms with E-state index in [9.17, 15) is 5.11 Å². The molecule has 4 heteroatoms. The summed E-state index contributed by atoms with van der Waals surface area (Å²) in [6.07, 6.45) is 6.18. The molecule has 0 amide bonds. The number of ether oxygens (including phenoxy) is 1. The van der Waals surface area contributed by atoms with Crippen molar-refractivity contribution < 1.29 is 9.84 Å². The summed E-state index contributed by atoms with van der Waals surface area (Å²) in [6, 6.07) is 0.693. The van der Waals surface area contributed by atoms with Gasteiger partial charge in [-0.05, 0) is 58.5 Å². The Bertz CT molecular complexity index is 272. The average Bonchev–Trinajstić information content (AvgIpc) is 3.31. The first-order chi connectivity index (χ1) is 10.1. The summed E-state index contributed by atoms with van der Waals surface area (Å²) in [6.45, 7) is 10.7. The predicted octanol–water partition coefficient (Wildman–Crippen LogP) is 2.26. The van der Waals surface area contributed by atoms with E-state index in [-0.39, 0.29) is 12.1 Å². The molecule has 2 N–H and O–H groups in total. The average molecular weight is 300 g/mol. The molecule has 1 aliphatic rings. The highest BCUT2D eigenvalue weighted by atomic mass is 16.5. The Morgan fingerprint density at radius 1 is 1.33 bits per heavy atom. The van der Waals surface area contributed by atoms with E-state index in [2.05, 4.69) is 31.0 Å². The van der Waals surface area contributed by atoms with Gasteiger partial charge in [-0.1, -0.05) is 13.3 Å². The van der Waals surface area contributed by atoms with Crippen molar-refractivity contribution in [1.29, 1.82) is 0 Å². The lowest BCUT2D eigenvalue weighted by atomic mass is 9.95. The van der Waals surface area contributed by atoms with Crippen molar-refractivity contribution in [3.05, 3.63) is 0 Å². The number of rotatable bonds is 13. The molecule has 0 aliphatic heterocycles. The van der Waals surface area contributed by atoms with Gasteiger partial charge in [0.05, 0.1) is 13.2 Å². The summed E-state index contributed by atoms with van der Waals surface area (Å²) in [7, 11) is 1.78. The van der Waals surface area contributed by atoms with E-state index in [1.54, 1.807) is 7.11 Å². The molecule has 0 heterocycles. The largest absolute Gasteiger partial charge is 0.394 e. The van der Waals surface area contributed by atoms with Crippen molar-refractivity contribution in [1.82, 2.24) is 10.2 Å². The van der Waals surface area contributed by atoms with Gasteiger partial charge in [0.1, 0.15) is 0 Å². The second-order valence-electron chi connectivity index (χ2n) is 6.81. The molecule has 1 saturated carbocycles. The van der Waals surface area contributed by atoms with E-state index in [0.717, 1.165) is 45.0 Å². The van der Waals surface area contributed by atoms with Crippen LogP contribution in [0.1, 0.15) is 52.9 Å². The maximum Gasteiger partial charge on any atom is 0.0610 e. The zero-order chi connectivity index (χ0) is 15.7. The van der Waals surface area contributed by atoms with Gasteiger partial charge in [0.15, 0.2) is 0 Å². The van der Waals surface area contributed by atoms with Crippen LogP contribution in [0.5, 0.6) is 0 Å². The lowest BCUT2D eigenvalue weighted by Gasteiger charge is -2.31. The Hall–Kier alpha value is -0.160. The van der Waals surface area contributed by atoms with Gasteiger partial charge in [-0.2, -0.15) is 0 Å². The predicted molar refractivity (Wildman–Crippen MR) is 88.7 cm³/mol. The molecule has 1 fully saturated rings. The molecule has 1 aliphatic carbocycles. The Morgan fingerprint density at radius 2 is 2.05 bits per heavy atom. The third-order valence-electron chi connectivity index (χ3n) is 4.84. The maximum atomic E-state index is 9.52. The smallest absolute Gasteiger partial charge is 0.0610 e. The zero-order valence-corrected chi connectivity index (χ0v) is 14.5. The van der Waals surface area contributed by atoms with Gasteiger partial charge in [0, 0.05) is 25.2 Å². The highest BCUT2D eigenvalue weighted by Gasteiger charge is 2.31. The molecule has 0 aromatic rings. The lowest BCUT2D eigenvalue weighted by Crippen LogP contribution is -2.45. The molecule has 2 atom stereocenters. The molecule has 4 nitrogen and oxygen atoms in total. The number of nitrogens with one attached hydrogen (secondary N) is 1. The number of aliphatic hydroxyl groups is 1. The van der Waals surface area contributed by atoms with Crippen molar-refractivity contribution in [2.45, 2.75) is 64.5 Å². The van der Waals surface area contributed by atoms with Crippen molar-refractivity contribution in [2.75, 3.05) is 40.0 Å². The Labute approximate surface area is 131 Å². The van der Waals surface area contributed by atoms with Crippen LogP contribution in [0.15, 0.2) is 0 Å². The van der Waals surface area contributed by atoms with E-state index >= 15 is 0 Å². The van der Waals surface area contributed by atoms with Crippen molar-refractivity contribution in [2.24, 2.45) is 5.92 Å². The normalized spacial score (nSPS) is 19.7. The number of methoxy groups -OCH3 is 1. The van der Waals surface area contributed by atoms with Crippen LogP contribution >= 0.6 is 0 Å². The number of likely N-dealkylation sites (N-methyl/N-ethyl adjacent to an activating group) is 1. The van der Waals surface area contributed by atoms with Crippen molar-refractivity contribution in [3.8, 4) is 0 Å². The second kappa shape index (κ2) is 9.78. The molecule has 0 bridgehead atoms. The lowest BCUT2D eigenvalue weighted by molar-refractivity contribution is 0.113. The van der Waals surface area contributed by atoms with E-state index in [1.165, 1.54) is 19.3 Å². The molecular weight excluding hydrogens is 264 g/mol. The van der Waals surface area contributed by atoms with Crippen LogP contribution in [0.25, 0.3) is 0 Å². The van der Waals surface area contributed by atoms with Crippen LogP contribution in [-0.4, -0.2) is 61.5 Å². The zero-order valence-electron chi connectivity index (χ0n) is 14.5. The maximum absolute atomic E-state index is 9.52. The van der Waals surface area contributed by atoms with Crippen LogP contribution in [0, 0.1) is 5.92 Å². The number of unbranched alkanes of at least 4 members (excludes halogenated alkanes) is 1. The fourth-order valence-corrected chi connectivity index (χ4v) is 3.08. The Kier molecular flexibility index (Phi) is 8.79. The summed E-state index contributed by atoms with van der Waals surface area (Å²) in [5.74, 6) is 0.909. The van der Waals surface area contributed by atoms with Gasteiger partial charge >= 0.3 is 0 Å². The van der Waals surface area contributed by atoms with Crippen molar-refractivity contribution >= 4 is 0 Å². The molecule has 0 spiro atoms. The summed E-state index contributed by atoms with van der Waals surface area (Å²) in [5.41, 5.74) is -0.117. The molecule has 0 aromatic heterocycles. The van der Waals surface area contributed by atoms with Gasteiger partial charge in [-0.15, -0.1) is 0 Å². The van der Waals surface area contributed by atoms with E-state index in [0.29, 0.717) is 6.04 Å². The SMILES string of the molecule is CCNC(C)(CO)CCCCN(CCOC)C(C)C1CC1. The van der Waals surface area contributed by atoms with E-state index in [1.807, 2.05) is 0 Å². The number of aliphatic hydroxyl groups excluding tert-OH is 1. The molecule has 0 aromatic carbocycles. The van der Waals surface area contributed by atoms with E-state index in [4.69, 9.17) is 4.74 Å². The van der Waals surface area contributed by atoms with Crippen LogP contribution in [0.3, 0.4) is 0 Å². The summed E-state index contributed by atoms with van der Waals surface area (Å²) in [4.78, 5) is 2.59. The van der Waals surface area contributed by atoms with Crippen LogP contribution < -0.4 is 5.32 Å². The number of hydrogen-bond donors (Lipinski definition) is 2.